The smallest absolute Gasteiger partial charge is 0.237 e. The zero-order valence-electron chi connectivity index (χ0n) is 19.1. The van der Waals surface area contributed by atoms with Gasteiger partial charge >= 0.3 is 0 Å². The Bertz CT molecular complexity index is 1340. The average molecular weight is 474 g/mol. The number of amides is 1. The molecule has 2 unspecified atom stereocenters. The number of hydrogen-bond donors (Lipinski definition) is 1. The van der Waals surface area contributed by atoms with E-state index in [2.05, 4.69) is 44.9 Å². The van der Waals surface area contributed by atoms with Crippen molar-refractivity contribution < 1.29 is 9.53 Å². The molecule has 1 amide bonds. The molecule has 1 fully saturated rings. The van der Waals surface area contributed by atoms with Gasteiger partial charge in [0.1, 0.15) is 0 Å². The predicted octanol–water partition coefficient (Wildman–Crippen LogP) is 4.68. The molecule has 6 rings (SSSR count). The Labute approximate surface area is 202 Å². The summed E-state index contributed by atoms with van der Waals surface area (Å²) < 4.78 is 8.06. The minimum absolute atomic E-state index is 0.0998. The van der Waals surface area contributed by atoms with Crippen LogP contribution in [-0.2, 0) is 22.5 Å². The summed E-state index contributed by atoms with van der Waals surface area (Å²) in [6.45, 7) is 3.58. The second-order valence-corrected chi connectivity index (χ2v) is 9.98. The molecule has 2 aliphatic heterocycles. The highest BCUT2D eigenvalue weighted by molar-refractivity contribution is 7.99. The van der Waals surface area contributed by atoms with Crippen molar-refractivity contribution >= 4 is 34.3 Å². The van der Waals surface area contributed by atoms with Crippen LogP contribution >= 0.6 is 11.8 Å². The number of anilines is 1. The lowest BCUT2D eigenvalue weighted by Gasteiger charge is -2.22. The van der Waals surface area contributed by atoms with E-state index in [1.54, 1.807) is 0 Å². The monoisotopic (exact) mass is 473 g/mol. The normalized spacial score (nSPS) is 19.7. The summed E-state index contributed by atoms with van der Waals surface area (Å²) in [6, 6.07) is 16.5. The van der Waals surface area contributed by atoms with Gasteiger partial charge in [-0.15, -0.1) is 10.2 Å². The van der Waals surface area contributed by atoms with Gasteiger partial charge in [-0.2, -0.15) is 0 Å². The van der Waals surface area contributed by atoms with Gasteiger partial charge in [-0.3, -0.25) is 9.36 Å². The number of ether oxygens (including phenoxy) is 1. The van der Waals surface area contributed by atoms with E-state index in [9.17, 15) is 4.79 Å². The molecular weight excluding hydrogens is 446 g/mol. The first-order valence-corrected chi connectivity index (χ1v) is 12.8. The molecule has 0 aliphatic carbocycles. The van der Waals surface area contributed by atoms with Crippen molar-refractivity contribution in [2.75, 3.05) is 17.3 Å². The van der Waals surface area contributed by atoms with E-state index < -0.39 is 0 Å². The number of aromatic nitrogens is 4. The van der Waals surface area contributed by atoms with Gasteiger partial charge in [0.15, 0.2) is 11.0 Å². The van der Waals surface area contributed by atoms with Gasteiger partial charge < -0.3 is 14.6 Å². The second kappa shape index (κ2) is 8.92. The fraction of sp³-hybridized carbons (Fsp3) is 0.346. The Morgan fingerprint density at radius 3 is 2.91 bits per heavy atom. The van der Waals surface area contributed by atoms with Crippen molar-refractivity contribution in [3.63, 3.8) is 0 Å². The van der Waals surface area contributed by atoms with Crippen LogP contribution in [0.3, 0.4) is 0 Å². The van der Waals surface area contributed by atoms with Crippen LogP contribution in [0.5, 0.6) is 0 Å². The lowest BCUT2D eigenvalue weighted by Crippen LogP contribution is -2.37. The maximum absolute atomic E-state index is 13.3. The lowest BCUT2D eigenvalue weighted by atomic mass is 10.1. The van der Waals surface area contributed by atoms with Crippen LogP contribution < -0.4 is 4.90 Å². The maximum Gasteiger partial charge on any atom is 0.237 e. The summed E-state index contributed by atoms with van der Waals surface area (Å²) in [5.41, 5.74) is 4.34. The number of nitrogens with zero attached hydrogens (tertiary/aromatic N) is 4. The molecule has 4 aromatic rings. The van der Waals surface area contributed by atoms with Crippen LogP contribution in [0.25, 0.3) is 22.3 Å². The summed E-state index contributed by atoms with van der Waals surface area (Å²) >= 11 is 1.46. The van der Waals surface area contributed by atoms with Gasteiger partial charge in [-0.05, 0) is 43.9 Å². The Hall–Kier alpha value is -3.10. The number of rotatable bonds is 6. The van der Waals surface area contributed by atoms with Crippen molar-refractivity contribution in [1.82, 2.24) is 19.7 Å². The number of carbonyl (C=O) groups is 1. The lowest BCUT2D eigenvalue weighted by molar-refractivity contribution is -0.116. The predicted molar refractivity (Wildman–Crippen MR) is 134 cm³/mol. The molecular formula is C26H27N5O2S. The van der Waals surface area contributed by atoms with Crippen LogP contribution in [0.1, 0.15) is 25.3 Å². The van der Waals surface area contributed by atoms with Crippen molar-refractivity contribution in [1.29, 1.82) is 0 Å². The van der Waals surface area contributed by atoms with Gasteiger partial charge in [0, 0.05) is 41.0 Å². The molecule has 2 aliphatic rings. The molecule has 0 spiro atoms. The summed E-state index contributed by atoms with van der Waals surface area (Å²) in [7, 11) is 0. The van der Waals surface area contributed by atoms with Gasteiger partial charge in [0.05, 0.1) is 18.4 Å². The zero-order chi connectivity index (χ0) is 23.1. The van der Waals surface area contributed by atoms with Gasteiger partial charge in [0.25, 0.3) is 0 Å². The third-order valence-electron chi connectivity index (χ3n) is 6.76. The summed E-state index contributed by atoms with van der Waals surface area (Å²) in [4.78, 5) is 18.5. The van der Waals surface area contributed by atoms with Crippen molar-refractivity contribution in [3.05, 3.63) is 60.3 Å². The molecule has 0 bridgehead atoms. The van der Waals surface area contributed by atoms with Crippen LogP contribution in [0.4, 0.5) is 5.69 Å². The molecule has 2 atom stereocenters. The Morgan fingerprint density at radius 2 is 2.03 bits per heavy atom. The minimum Gasteiger partial charge on any atom is -0.376 e. The molecule has 7 nitrogen and oxygen atoms in total. The van der Waals surface area contributed by atoms with E-state index in [-0.39, 0.29) is 18.1 Å². The first kappa shape index (κ1) is 21.4. The molecule has 2 aromatic heterocycles. The van der Waals surface area contributed by atoms with Crippen molar-refractivity contribution in [3.8, 4) is 11.4 Å². The number of nitrogens with one attached hydrogen (secondary N) is 1. The number of H-pyrrole nitrogens is 1. The van der Waals surface area contributed by atoms with E-state index in [0.717, 1.165) is 59.0 Å². The third-order valence-corrected chi connectivity index (χ3v) is 7.71. The number of aromatic amines is 1. The zero-order valence-corrected chi connectivity index (χ0v) is 19.9. The molecule has 8 heteroatoms. The molecule has 0 saturated carbocycles. The minimum atomic E-state index is 0.0998. The van der Waals surface area contributed by atoms with E-state index in [1.807, 2.05) is 41.4 Å². The fourth-order valence-corrected chi connectivity index (χ4v) is 5.96. The molecule has 0 radical (unpaired) electrons. The van der Waals surface area contributed by atoms with E-state index in [1.165, 1.54) is 17.3 Å². The average Bonchev–Trinajstić information content (AvgIpc) is 3.63. The number of benzene rings is 2. The van der Waals surface area contributed by atoms with Crippen LogP contribution in [-0.4, -0.2) is 50.2 Å². The van der Waals surface area contributed by atoms with Gasteiger partial charge in [0.2, 0.25) is 5.91 Å². The highest BCUT2D eigenvalue weighted by Crippen LogP contribution is 2.34. The summed E-state index contributed by atoms with van der Waals surface area (Å²) in [5.74, 6) is 1.22. The Balaban J connectivity index is 1.28. The quantitative estimate of drug-likeness (QED) is 0.412. The highest BCUT2D eigenvalue weighted by atomic mass is 32.2. The molecule has 34 heavy (non-hydrogen) atoms. The first-order valence-electron chi connectivity index (χ1n) is 11.8. The molecule has 1 N–H and O–H groups in total. The van der Waals surface area contributed by atoms with Crippen molar-refractivity contribution in [2.45, 2.75) is 50.0 Å². The van der Waals surface area contributed by atoms with E-state index in [4.69, 9.17) is 4.74 Å². The van der Waals surface area contributed by atoms with E-state index >= 15 is 0 Å². The summed E-state index contributed by atoms with van der Waals surface area (Å²) in [5, 5.41) is 11.0. The SMILES string of the molecule is CC1Cc2ccccc2N1C(=O)CSc1nnc(-c2c[nH]c3ccccc23)n1CC1CCCO1. The van der Waals surface area contributed by atoms with Crippen LogP contribution in [0.2, 0.25) is 0 Å². The maximum atomic E-state index is 13.3. The van der Waals surface area contributed by atoms with Crippen molar-refractivity contribution in [2.24, 2.45) is 0 Å². The Morgan fingerprint density at radius 1 is 1.18 bits per heavy atom. The number of hydrogen-bond acceptors (Lipinski definition) is 5. The second-order valence-electron chi connectivity index (χ2n) is 9.03. The Kier molecular flexibility index (Phi) is 5.63. The van der Waals surface area contributed by atoms with Gasteiger partial charge in [-0.1, -0.05) is 48.2 Å². The third kappa shape index (κ3) is 3.80. The van der Waals surface area contributed by atoms with Crippen LogP contribution in [0, 0.1) is 0 Å². The first-order chi connectivity index (χ1) is 16.7. The topological polar surface area (TPSA) is 76.0 Å². The molecule has 2 aromatic carbocycles. The van der Waals surface area contributed by atoms with E-state index in [0.29, 0.717) is 12.3 Å². The molecule has 1 saturated heterocycles. The molecule has 4 heterocycles. The van der Waals surface area contributed by atoms with Crippen LogP contribution in [0.15, 0.2) is 59.9 Å². The highest BCUT2D eigenvalue weighted by Gasteiger charge is 2.31. The number of carbonyl (C=O) groups excluding carboxylic acids is 1. The number of para-hydroxylation sites is 2. The number of thioether (sulfide) groups is 1. The number of fused-ring (bicyclic) bond motifs is 2. The standard InChI is InChI=1S/C26H27N5O2S/c1-17-13-18-7-2-5-11-23(18)31(17)24(32)16-34-26-29-28-25(30(26)15-19-8-6-12-33-19)21-14-27-22-10-4-3-9-20(21)22/h2-5,7,9-11,14,17,19,27H,6,8,12-13,15-16H2,1H3. The van der Waals surface area contributed by atoms with Gasteiger partial charge in [-0.25, -0.2) is 0 Å². The summed E-state index contributed by atoms with van der Waals surface area (Å²) in [6.07, 6.45) is 5.12. The largest absolute Gasteiger partial charge is 0.376 e. The molecule has 174 valence electrons. The fourth-order valence-electron chi connectivity index (χ4n) is 5.15.